The van der Waals surface area contributed by atoms with Crippen LogP contribution >= 0.6 is 0 Å². The Balaban J connectivity index is -0.000000163. The Hall–Kier alpha value is -4.65. The normalized spacial score (nSPS) is 9.44. The Morgan fingerprint density at radius 1 is 0.375 bits per heavy atom. The zero-order chi connectivity index (χ0) is 50.2. The maximum Gasteiger partial charge on any atom is 0.303 e. The van der Waals surface area contributed by atoms with E-state index in [1.807, 2.05) is 0 Å². The van der Waals surface area contributed by atoms with E-state index in [1.54, 1.807) is 13.8 Å². The molecule has 0 unspecified atom stereocenters. The van der Waals surface area contributed by atoms with Gasteiger partial charge in [0.2, 0.25) is 41.4 Å². The van der Waals surface area contributed by atoms with Gasteiger partial charge in [0.05, 0.1) is 6.42 Å². The molecule has 15 N–H and O–H groups in total. The quantitative estimate of drug-likeness (QED) is 0.0419. The number of rotatable bonds is 33. The number of primary amides is 3. The highest BCUT2D eigenvalue weighted by molar-refractivity contribution is 5.83. The molecule has 19 nitrogen and oxygen atoms in total. The van der Waals surface area contributed by atoms with Crippen molar-refractivity contribution in [2.45, 2.75) is 196 Å². The van der Waals surface area contributed by atoms with Crippen molar-refractivity contribution in [1.29, 1.82) is 0 Å². The number of amides is 7. The third kappa shape index (κ3) is 102. The average molecular weight is 920 g/mol. The predicted octanol–water partition coefficient (Wildman–Crippen LogP) is 3.89. The van der Waals surface area contributed by atoms with Crippen LogP contribution in [0.2, 0.25) is 0 Å². The minimum atomic E-state index is -0.996. The van der Waals surface area contributed by atoms with Crippen LogP contribution in [-0.2, 0) is 43.2 Å². The molecule has 64 heavy (non-hydrogen) atoms. The summed E-state index contributed by atoms with van der Waals surface area (Å²) >= 11 is 0. The summed E-state index contributed by atoms with van der Waals surface area (Å²) in [7, 11) is 0. The molecule has 0 fully saturated rings. The molecular weight excluding hydrogens is 827 g/mol. The zero-order valence-corrected chi connectivity index (χ0v) is 40.7. The Morgan fingerprint density at radius 2 is 0.625 bits per heavy atom. The zero-order valence-electron chi connectivity index (χ0n) is 40.7. The molecule has 7 amide bonds. The van der Waals surface area contributed by atoms with Crippen molar-refractivity contribution in [2.75, 3.05) is 39.3 Å². The van der Waals surface area contributed by atoms with Crippen LogP contribution in [0.15, 0.2) is 0 Å². The van der Waals surface area contributed by atoms with Gasteiger partial charge in [-0.25, -0.2) is 0 Å². The lowest BCUT2D eigenvalue weighted by Crippen LogP contribution is -2.25. The van der Waals surface area contributed by atoms with Crippen LogP contribution in [0, 0.1) is 0 Å². The van der Waals surface area contributed by atoms with Crippen molar-refractivity contribution in [3.05, 3.63) is 0 Å². The standard InChI is InChI=1S/2C10H21N3O2.2C9H19NO.C4H7NO3.C3H6O/c2*11-7-3-1-2-4-8-13-10(15)6-5-9(12)14;2*1-3-4-5-6-7-8-10-9(2)11;5-3(6)1-2-4(7)8;1-3(2)4/h2*1-8,11H2,(H2,12,14)(H,13,15);2*3-8H2,1-2H3,(H,10,11);1-2H2,(H2,5,6)(H,7,8);1-2H3. The molecule has 0 aliphatic rings. The van der Waals surface area contributed by atoms with E-state index in [4.69, 9.17) is 28.0 Å². The first-order valence-corrected chi connectivity index (χ1v) is 23.2. The number of carbonyl (C=O) groups is 9. The molecule has 0 radical (unpaired) electrons. The van der Waals surface area contributed by atoms with Gasteiger partial charge in [0, 0.05) is 72.1 Å². The second-order valence-electron chi connectivity index (χ2n) is 15.1. The van der Waals surface area contributed by atoms with Gasteiger partial charge in [0.15, 0.2) is 0 Å². The van der Waals surface area contributed by atoms with Crippen molar-refractivity contribution in [2.24, 2.45) is 28.7 Å². The number of unbranched alkanes of at least 4 members (excludes halogenated alkanes) is 14. The van der Waals surface area contributed by atoms with Crippen LogP contribution in [0.25, 0.3) is 0 Å². The first-order chi connectivity index (χ1) is 30.2. The number of nitrogens with two attached hydrogens (primary N) is 5. The molecule has 0 saturated carbocycles. The lowest BCUT2D eigenvalue weighted by Gasteiger charge is -2.03. The van der Waals surface area contributed by atoms with E-state index in [1.165, 1.54) is 65.2 Å². The largest absolute Gasteiger partial charge is 0.481 e. The molecule has 0 aromatic carbocycles. The first kappa shape index (κ1) is 71.0. The number of ketones is 1. The van der Waals surface area contributed by atoms with E-state index >= 15 is 0 Å². The van der Waals surface area contributed by atoms with Gasteiger partial charge < -0.3 is 59.8 Å². The predicted molar refractivity (Wildman–Crippen MR) is 255 cm³/mol. The van der Waals surface area contributed by atoms with Gasteiger partial charge >= 0.3 is 5.97 Å². The number of carboxylic acids is 1. The van der Waals surface area contributed by atoms with Gasteiger partial charge in [0.25, 0.3) is 0 Å². The maximum absolute atomic E-state index is 11.1. The second-order valence-corrected chi connectivity index (χ2v) is 15.1. The number of hydrogen-bond donors (Lipinski definition) is 10. The summed E-state index contributed by atoms with van der Waals surface area (Å²) < 4.78 is 0. The fourth-order valence-electron chi connectivity index (χ4n) is 4.57. The average Bonchev–Trinajstić information content (AvgIpc) is 3.21. The fraction of sp³-hybridized carbons (Fsp3) is 0.800. The molecule has 0 bridgehead atoms. The van der Waals surface area contributed by atoms with Crippen molar-refractivity contribution < 1.29 is 48.3 Å². The molecule has 378 valence electrons. The highest BCUT2D eigenvalue weighted by Gasteiger charge is 2.04. The van der Waals surface area contributed by atoms with Gasteiger partial charge in [-0.2, -0.15) is 0 Å². The molecule has 0 rings (SSSR count). The van der Waals surface area contributed by atoms with E-state index in [9.17, 15) is 43.2 Å². The van der Waals surface area contributed by atoms with Crippen molar-refractivity contribution in [1.82, 2.24) is 21.3 Å². The summed E-state index contributed by atoms with van der Waals surface area (Å²) in [5.41, 5.74) is 25.2. The Labute approximate surface area is 385 Å². The summed E-state index contributed by atoms with van der Waals surface area (Å²) in [4.78, 5) is 92.8. The van der Waals surface area contributed by atoms with Gasteiger partial charge in [0.1, 0.15) is 5.78 Å². The maximum atomic E-state index is 11.1. The van der Waals surface area contributed by atoms with Crippen molar-refractivity contribution >= 4 is 53.1 Å². The van der Waals surface area contributed by atoms with Crippen LogP contribution in [0.3, 0.4) is 0 Å². The lowest BCUT2D eigenvalue weighted by atomic mass is 10.1. The molecule has 0 heterocycles. The number of nitrogens with one attached hydrogen (secondary N) is 4. The molecule has 0 spiro atoms. The smallest absolute Gasteiger partial charge is 0.303 e. The van der Waals surface area contributed by atoms with Crippen molar-refractivity contribution in [3.8, 4) is 0 Å². The van der Waals surface area contributed by atoms with Crippen LogP contribution < -0.4 is 49.9 Å². The van der Waals surface area contributed by atoms with Crippen LogP contribution in [0.5, 0.6) is 0 Å². The highest BCUT2D eigenvalue weighted by atomic mass is 16.4. The van der Waals surface area contributed by atoms with E-state index < -0.39 is 23.7 Å². The first-order valence-electron chi connectivity index (χ1n) is 23.2. The SMILES string of the molecule is CC(C)=O.CCCCCCCNC(C)=O.CCCCCCCNC(C)=O.NC(=O)CCC(=O)O.NCCCCCCNC(=O)CCC(N)=O.NCCCCCCNC(=O)CCC(N)=O. The fourth-order valence-corrected chi connectivity index (χ4v) is 4.57. The van der Waals surface area contributed by atoms with Gasteiger partial charge in [-0.1, -0.05) is 90.9 Å². The molecular formula is C45H93N9O10. The Kier molecular flexibility index (Phi) is 67.0. The van der Waals surface area contributed by atoms with Crippen LogP contribution in [0.1, 0.15) is 196 Å². The number of Topliss-reactive ketones (excluding diaryl/α,β-unsaturated/α-hetero) is 1. The molecule has 0 aromatic heterocycles. The minimum Gasteiger partial charge on any atom is -0.481 e. The monoisotopic (exact) mass is 920 g/mol. The molecule has 0 aliphatic heterocycles. The molecule has 19 heteroatoms. The van der Waals surface area contributed by atoms with Crippen molar-refractivity contribution in [3.63, 3.8) is 0 Å². The summed E-state index contributed by atoms with van der Waals surface area (Å²) in [6, 6.07) is 0. The highest BCUT2D eigenvalue weighted by Crippen LogP contribution is 2.02. The summed E-state index contributed by atoms with van der Waals surface area (Å²) in [6.45, 7) is 15.1. The Morgan fingerprint density at radius 3 is 0.844 bits per heavy atom. The van der Waals surface area contributed by atoms with Crippen LogP contribution in [-0.4, -0.2) is 97.5 Å². The number of carboxylic acid groups (broad SMARTS) is 1. The lowest BCUT2D eigenvalue weighted by molar-refractivity contribution is -0.138. The third-order valence-electron chi connectivity index (χ3n) is 8.00. The topological polar surface area (TPSA) is 352 Å². The summed E-state index contributed by atoms with van der Waals surface area (Å²) in [6.07, 6.45) is 21.3. The molecule has 0 aromatic rings. The third-order valence-corrected chi connectivity index (χ3v) is 8.00. The molecule has 0 saturated heterocycles. The number of hydrogen-bond acceptors (Lipinski definition) is 11. The Bertz CT molecular complexity index is 1090. The van der Waals surface area contributed by atoms with Gasteiger partial charge in [-0.05, 0) is 65.5 Å². The number of aliphatic carboxylic acids is 1. The second kappa shape index (κ2) is 60.4. The van der Waals surface area contributed by atoms with E-state index in [0.29, 0.717) is 13.1 Å². The summed E-state index contributed by atoms with van der Waals surface area (Å²) in [5, 5.41) is 19.0. The van der Waals surface area contributed by atoms with E-state index in [0.717, 1.165) is 90.4 Å². The van der Waals surface area contributed by atoms with Crippen LogP contribution in [0.4, 0.5) is 0 Å². The van der Waals surface area contributed by atoms with E-state index in [2.05, 4.69) is 40.8 Å². The molecule has 0 atom stereocenters. The van der Waals surface area contributed by atoms with Gasteiger partial charge in [-0.3, -0.25) is 38.4 Å². The van der Waals surface area contributed by atoms with Gasteiger partial charge in [-0.15, -0.1) is 0 Å². The number of carbonyl (C=O) groups excluding carboxylic acids is 8. The van der Waals surface area contributed by atoms with E-state index in [-0.39, 0.29) is 67.9 Å². The minimum absolute atomic E-state index is 0.0741. The summed E-state index contributed by atoms with van der Waals surface area (Å²) in [5.74, 6) is -2.32. The molecule has 0 aliphatic carbocycles.